The SMILES string of the molecule is CC(C(=O)Nc1ccc(C(F)(F)F)nc1)[C@@H]1CC2C[C@H]1C[C@H]2n1cnc2cc(F)c(F)cc21. The standard InChI is InChI=1S/C23H21F5N4O/c1-11(22(33)31-14-2-3-21(29-9-14)23(26,27)28)15-5-13-4-12(15)6-19(13)32-10-30-18-7-16(24)17(25)8-20(18)32/h2-3,7-13,15,19H,4-6H2,1H3,(H,31,33)/t11?,12-,13?,15-,19+/m0/s1. The summed E-state index contributed by atoms with van der Waals surface area (Å²) in [6.07, 6.45) is 0.639. The summed E-state index contributed by atoms with van der Waals surface area (Å²) in [5, 5.41) is 2.67. The lowest BCUT2D eigenvalue weighted by molar-refractivity contribution is -0.141. The molecule has 174 valence electrons. The van der Waals surface area contributed by atoms with Crippen LogP contribution in [0.15, 0.2) is 36.8 Å². The van der Waals surface area contributed by atoms with E-state index in [1.54, 1.807) is 6.33 Å². The van der Waals surface area contributed by atoms with Crippen LogP contribution in [0.3, 0.4) is 0 Å². The highest BCUT2D eigenvalue weighted by Crippen LogP contribution is 2.56. The second-order valence-electron chi connectivity index (χ2n) is 9.07. The number of anilines is 1. The lowest BCUT2D eigenvalue weighted by Crippen LogP contribution is -2.32. The number of imidazole rings is 1. The number of nitrogens with zero attached hydrogens (tertiary/aromatic N) is 3. The number of carbonyl (C=O) groups excluding carboxylic acids is 1. The molecule has 0 aliphatic heterocycles. The van der Waals surface area contributed by atoms with Crippen molar-refractivity contribution in [2.75, 3.05) is 5.32 Å². The molecule has 2 saturated carbocycles. The van der Waals surface area contributed by atoms with E-state index in [9.17, 15) is 26.7 Å². The maximum atomic E-state index is 13.8. The first kappa shape index (κ1) is 21.8. The Morgan fingerprint density at radius 3 is 2.48 bits per heavy atom. The van der Waals surface area contributed by atoms with Gasteiger partial charge in [0.25, 0.3) is 0 Å². The third-order valence-electron chi connectivity index (χ3n) is 7.23. The van der Waals surface area contributed by atoms with Gasteiger partial charge in [-0.1, -0.05) is 6.92 Å². The molecule has 0 spiro atoms. The molecule has 2 aliphatic rings. The molecule has 2 unspecified atom stereocenters. The molecule has 1 N–H and O–H groups in total. The largest absolute Gasteiger partial charge is 0.433 e. The maximum absolute atomic E-state index is 13.8. The third kappa shape index (κ3) is 3.85. The first-order valence-electron chi connectivity index (χ1n) is 10.8. The molecule has 3 aromatic rings. The molecule has 0 saturated heterocycles. The average Bonchev–Trinajstić information content (AvgIpc) is 3.47. The van der Waals surface area contributed by atoms with E-state index in [1.807, 2.05) is 11.5 Å². The first-order valence-corrected chi connectivity index (χ1v) is 10.8. The minimum atomic E-state index is -4.53. The van der Waals surface area contributed by atoms with Gasteiger partial charge in [0.2, 0.25) is 5.91 Å². The van der Waals surface area contributed by atoms with Crippen molar-refractivity contribution < 1.29 is 26.7 Å². The molecule has 2 aromatic heterocycles. The van der Waals surface area contributed by atoms with Crippen molar-refractivity contribution in [1.82, 2.24) is 14.5 Å². The van der Waals surface area contributed by atoms with Crippen LogP contribution in [0.25, 0.3) is 11.0 Å². The third-order valence-corrected chi connectivity index (χ3v) is 7.23. The second kappa shape index (κ2) is 7.78. The van der Waals surface area contributed by atoms with Gasteiger partial charge in [-0.05, 0) is 49.1 Å². The van der Waals surface area contributed by atoms with E-state index < -0.39 is 23.5 Å². The maximum Gasteiger partial charge on any atom is 0.433 e. The van der Waals surface area contributed by atoms with Crippen molar-refractivity contribution in [3.63, 3.8) is 0 Å². The van der Waals surface area contributed by atoms with Crippen LogP contribution < -0.4 is 5.32 Å². The van der Waals surface area contributed by atoms with E-state index in [-0.39, 0.29) is 41.3 Å². The highest BCUT2D eigenvalue weighted by atomic mass is 19.4. The predicted molar refractivity (Wildman–Crippen MR) is 110 cm³/mol. The number of fused-ring (bicyclic) bond motifs is 3. The molecule has 0 radical (unpaired) electrons. The van der Waals surface area contributed by atoms with E-state index >= 15 is 0 Å². The Hall–Kier alpha value is -3.04. The molecule has 2 heterocycles. The van der Waals surface area contributed by atoms with Crippen molar-refractivity contribution in [1.29, 1.82) is 0 Å². The Morgan fingerprint density at radius 1 is 1.09 bits per heavy atom. The molecule has 5 atom stereocenters. The Morgan fingerprint density at radius 2 is 1.85 bits per heavy atom. The highest BCUT2D eigenvalue weighted by Gasteiger charge is 2.49. The van der Waals surface area contributed by atoms with Crippen LogP contribution in [-0.4, -0.2) is 20.4 Å². The summed E-state index contributed by atoms with van der Waals surface area (Å²) in [5.74, 6) is -1.71. The summed E-state index contributed by atoms with van der Waals surface area (Å²) < 4.78 is 67.2. The van der Waals surface area contributed by atoms with Crippen LogP contribution in [0, 0.1) is 35.3 Å². The summed E-state index contributed by atoms with van der Waals surface area (Å²) in [6.45, 7) is 1.83. The highest BCUT2D eigenvalue weighted by molar-refractivity contribution is 5.92. The molecular weight excluding hydrogens is 443 g/mol. The number of halogens is 5. The number of alkyl halides is 3. The van der Waals surface area contributed by atoms with E-state index in [2.05, 4.69) is 15.3 Å². The van der Waals surface area contributed by atoms with Gasteiger partial charge >= 0.3 is 6.18 Å². The molecule has 5 nitrogen and oxygen atoms in total. The van der Waals surface area contributed by atoms with Gasteiger partial charge in [0.05, 0.1) is 29.2 Å². The summed E-state index contributed by atoms with van der Waals surface area (Å²) in [6, 6.07) is 4.42. The minimum Gasteiger partial charge on any atom is -0.327 e. The van der Waals surface area contributed by atoms with Gasteiger partial charge in [-0.25, -0.2) is 18.7 Å². The van der Waals surface area contributed by atoms with Gasteiger partial charge < -0.3 is 9.88 Å². The van der Waals surface area contributed by atoms with Crippen LogP contribution in [0.1, 0.15) is 37.9 Å². The average molecular weight is 464 g/mol. The zero-order valence-corrected chi connectivity index (χ0v) is 17.6. The second-order valence-corrected chi connectivity index (χ2v) is 9.07. The number of carbonyl (C=O) groups is 1. The Labute approximate surface area is 186 Å². The summed E-state index contributed by atoms with van der Waals surface area (Å²) >= 11 is 0. The molecule has 2 aliphatic carbocycles. The predicted octanol–water partition coefficient (Wildman–Crippen LogP) is 5.59. The van der Waals surface area contributed by atoms with Crippen molar-refractivity contribution >= 4 is 22.6 Å². The molecule has 33 heavy (non-hydrogen) atoms. The molecule has 2 fully saturated rings. The number of pyridine rings is 1. The topological polar surface area (TPSA) is 59.8 Å². The quantitative estimate of drug-likeness (QED) is 0.512. The summed E-state index contributed by atoms with van der Waals surface area (Å²) in [4.78, 5) is 20.3. The van der Waals surface area contributed by atoms with Gasteiger partial charge in [0.1, 0.15) is 5.69 Å². The van der Waals surface area contributed by atoms with E-state index in [0.29, 0.717) is 11.0 Å². The van der Waals surface area contributed by atoms with E-state index in [1.165, 1.54) is 12.1 Å². The van der Waals surface area contributed by atoms with Crippen LogP contribution in [-0.2, 0) is 11.0 Å². The number of amides is 1. The molecule has 10 heteroatoms. The molecule has 1 aromatic carbocycles. The minimum absolute atomic E-state index is 0.107. The molecule has 2 bridgehead atoms. The van der Waals surface area contributed by atoms with Crippen molar-refractivity contribution in [2.24, 2.45) is 23.7 Å². The normalized spacial score (nSPS) is 25.5. The van der Waals surface area contributed by atoms with Gasteiger partial charge in [-0.2, -0.15) is 13.2 Å². The van der Waals surface area contributed by atoms with Crippen LogP contribution in [0.4, 0.5) is 27.6 Å². The van der Waals surface area contributed by atoms with Gasteiger partial charge in [0, 0.05) is 24.1 Å². The first-order chi connectivity index (χ1) is 15.6. The Kier molecular flexibility index (Phi) is 5.13. The lowest BCUT2D eigenvalue weighted by atomic mass is 9.78. The number of hydrogen-bond donors (Lipinski definition) is 1. The van der Waals surface area contributed by atoms with Gasteiger partial charge in [-0.3, -0.25) is 4.79 Å². The fourth-order valence-corrected chi connectivity index (χ4v) is 5.62. The number of rotatable bonds is 4. The van der Waals surface area contributed by atoms with E-state index in [4.69, 9.17) is 0 Å². The van der Waals surface area contributed by atoms with Crippen molar-refractivity contribution in [3.05, 3.63) is 54.1 Å². The molecule has 5 rings (SSSR count). The van der Waals surface area contributed by atoms with Crippen LogP contribution in [0.5, 0.6) is 0 Å². The van der Waals surface area contributed by atoms with Crippen LogP contribution >= 0.6 is 0 Å². The number of nitrogens with one attached hydrogen (secondary N) is 1. The number of hydrogen-bond acceptors (Lipinski definition) is 3. The summed E-state index contributed by atoms with van der Waals surface area (Å²) in [7, 11) is 0. The zero-order valence-electron chi connectivity index (χ0n) is 17.6. The smallest absolute Gasteiger partial charge is 0.327 e. The Bertz CT molecular complexity index is 1210. The fourth-order valence-electron chi connectivity index (χ4n) is 5.62. The van der Waals surface area contributed by atoms with Crippen molar-refractivity contribution in [3.8, 4) is 0 Å². The monoisotopic (exact) mass is 464 g/mol. The van der Waals surface area contributed by atoms with Crippen LogP contribution in [0.2, 0.25) is 0 Å². The summed E-state index contributed by atoms with van der Waals surface area (Å²) in [5.41, 5.74) is 0.178. The van der Waals surface area contributed by atoms with Crippen molar-refractivity contribution in [2.45, 2.75) is 38.4 Å². The lowest BCUT2D eigenvalue weighted by Gasteiger charge is -2.32. The number of aromatic nitrogens is 3. The molecule has 1 amide bonds. The van der Waals surface area contributed by atoms with Gasteiger partial charge in [-0.15, -0.1) is 0 Å². The van der Waals surface area contributed by atoms with Gasteiger partial charge in [0.15, 0.2) is 11.6 Å². The fraction of sp³-hybridized carbons (Fsp3) is 0.435. The molecular formula is C23H21F5N4O. The number of benzene rings is 1. The van der Waals surface area contributed by atoms with E-state index in [0.717, 1.165) is 37.6 Å². The Balaban J connectivity index is 1.25. The zero-order chi connectivity index (χ0) is 23.5.